The summed E-state index contributed by atoms with van der Waals surface area (Å²) in [5.41, 5.74) is 1.95. The van der Waals surface area contributed by atoms with Gasteiger partial charge in [0, 0.05) is 6.20 Å². The van der Waals surface area contributed by atoms with Crippen LogP contribution in [-0.4, -0.2) is 25.9 Å². The van der Waals surface area contributed by atoms with Crippen molar-refractivity contribution in [1.29, 1.82) is 0 Å². The summed E-state index contributed by atoms with van der Waals surface area (Å²) in [4.78, 5) is 15.7. The molecule has 0 spiro atoms. The number of carbonyl (C=O) groups excluding carboxylic acids is 1. The van der Waals surface area contributed by atoms with Crippen LogP contribution < -0.4 is 5.32 Å². The van der Waals surface area contributed by atoms with Crippen LogP contribution in [0.5, 0.6) is 0 Å². The number of aromatic nitrogens is 4. The molecule has 0 aliphatic heterocycles. The fourth-order valence-corrected chi connectivity index (χ4v) is 1.66. The Kier molecular flexibility index (Phi) is 3.24. The summed E-state index contributed by atoms with van der Waals surface area (Å²) in [6.07, 6.45) is 7.96. The maximum Gasteiger partial charge on any atom is 0.254 e. The van der Waals surface area contributed by atoms with E-state index < -0.39 is 0 Å². The maximum atomic E-state index is 11.7. The fourth-order valence-electron chi connectivity index (χ4n) is 1.66. The lowest BCUT2D eigenvalue weighted by molar-refractivity contribution is 0.0950. The molecule has 1 amide bonds. The monoisotopic (exact) mass is 269 g/mol. The number of carbonyl (C=O) groups is 1. The lowest BCUT2D eigenvalue weighted by Gasteiger charge is -1.99. The summed E-state index contributed by atoms with van der Waals surface area (Å²) >= 11 is 0. The number of rotatable bonds is 4. The molecule has 7 heteroatoms. The summed E-state index contributed by atoms with van der Waals surface area (Å²) in [6, 6.07) is 5.29. The third-order valence-corrected chi connectivity index (χ3v) is 2.66. The number of nitrogens with one attached hydrogen (secondary N) is 1. The van der Waals surface area contributed by atoms with Gasteiger partial charge in [-0.25, -0.2) is 4.68 Å². The summed E-state index contributed by atoms with van der Waals surface area (Å²) in [5.74, 6) is -0.213. The molecule has 3 aromatic heterocycles. The molecule has 0 unspecified atom stereocenters. The summed E-state index contributed by atoms with van der Waals surface area (Å²) in [5, 5.41) is 10.7. The molecule has 0 bridgehead atoms. The average molecular weight is 269 g/mol. The van der Waals surface area contributed by atoms with Crippen LogP contribution in [0.3, 0.4) is 0 Å². The number of nitrogens with zero attached hydrogens (tertiary/aromatic N) is 4. The first-order valence-corrected chi connectivity index (χ1v) is 5.95. The number of hydrogen-bond acceptors (Lipinski definition) is 5. The van der Waals surface area contributed by atoms with Crippen molar-refractivity contribution in [1.82, 2.24) is 25.3 Å². The second-order valence-corrected chi connectivity index (χ2v) is 4.06. The highest BCUT2D eigenvalue weighted by atomic mass is 16.3. The minimum atomic E-state index is -0.213. The van der Waals surface area contributed by atoms with Crippen LogP contribution in [0, 0.1) is 0 Å². The van der Waals surface area contributed by atoms with Crippen LogP contribution >= 0.6 is 0 Å². The average Bonchev–Trinajstić information content (AvgIpc) is 3.17. The zero-order valence-electron chi connectivity index (χ0n) is 10.4. The Labute approximate surface area is 114 Å². The second-order valence-electron chi connectivity index (χ2n) is 4.06. The van der Waals surface area contributed by atoms with E-state index >= 15 is 0 Å². The Hall–Kier alpha value is -2.96. The Morgan fingerprint density at radius 2 is 2.35 bits per heavy atom. The van der Waals surface area contributed by atoms with E-state index in [2.05, 4.69) is 20.6 Å². The number of pyridine rings is 1. The van der Waals surface area contributed by atoms with E-state index in [1.165, 1.54) is 12.5 Å². The molecule has 0 atom stereocenters. The number of amides is 1. The van der Waals surface area contributed by atoms with Crippen molar-refractivity contribution < 1.29 is 9.21 Å². The normalized spacial score (nSPS) is 10.4. The van der Waals surface area contributed by atoms with Gasteiger partial charge in [0.2, 0.25) is 0 Å². The molecule has 7 nitrogen and oxygen atoms in total. The van der Waals surface area contributed by atoms with Crippen molar-refractivity contribution in [2.24, 2.45) is 0 Å². The molecule has 3 aromatic rings. The molecule has 100 valence electrons. The third-order valence-electron chi connectivity index (χ3n) is 2.66. The van der Waals surface area contributed by atoms with Gasteiger partial charge >= 0.3 is 0 Å². The molecule has 3 heterocycles. The molecule has 0 aliphatic rings. The standard InChI is InChI=1S/C13H11N5O2/c19-13(10-3-5-20-9-10)15-6-11-8-18(17-16-11)12-2-1-4-14-7-12/h1-5,7-9H,6H2,(H,15,19). The van der Waals surface area contributed by atoms with E-state index in [0.717, 1.165) is 5.69 Å². The van der Waals surface area contributed by atoms with Crippen molar-refractivity contribution in [3.05, 3.63) is 60.6 Å². The maximum absolute atomic E-state index is 11.7. The highest BCUT2D eigenvalue weighted by Crippen LogP contribution is 2.04. The van der Waals surface area contributed by atoms with E-state index in [0.29, 0.717) is 17.8 Å². The summed E-state index contributed by atoms with van der Waals surface area (Å²) in [6.45, 7) is 0.296. The Bertz CT molecular complexity index is 691. The smallest absolute Gasteiger partial charge is 0.254 e. The van der Waals surface area contributed by atoms with E-state index in [-0.39, 0.29) is 5.91 Å². The van der Waals surface area contributed by atoms with Crippen molar-refractivity contribution in [3.8, 4) is 5.69 Å². The van der Waals surface area contributed by atoms with Crippen molar-refractivity contribution >= 4 is 5.91 Å². The zero-order valence-corrected chi connectivity index (χ0v) is 10.4. The molecule has 0 fully saturated rings. The molecule has 0 radical (unpaired) electrons. The second kappa shape index (κ2) is 5.35. The predicted molar refractivity (Wildman–Crippen MR) is 69.0 cm³/mol. The quantitative estimate of drug-likeness (QED) is 0.768. The third kappa shape index (κ3) is 2.56. The number of hydrogen-bond donors (Lipinski definition) is 1. The van der Waals surface area contributed by atoms with Crippen molar-refractivity contribution in [3.63, 3.8) is 0 Å². The van der Waals surface area contributed by atoms with Gasteiger partial charge < -0.3 is 9.73 Å². The van der Waals surface area contributed by atoms with Gasteiger partial charge in [0.05, 0.1) is 36.5 Å². The van der Waals surface area contributed by atoms with Gasteiger partial charge in [-0.1, -0.05) is 5.21 Å². The molecule has 3 rings (SSSR count). The van der Waals surface area contributed by atoms with Crippen molar-refractivity contribution in [2.75, 3.05) is 0 Å². The fraction of sp³-hybridized carbons (Fsp3) is 0.0769. The zero-order chi connectivity index (χ0) is 13.8. The van der Waals surface area contributed by atoms with Crippen LogP contribution in [0.2, 0.25) is 0 Å². The van der Waals surface area contributed by atoms with Crippen LogP contribution in [0.4, 0.5) is 0 Å². The molecular weight excluding hydrogens is 258 g/mol. The van der Waals surface area contributed by atoms with Crippen molar-refractivity contribution in [2.45, 2.75) is 6.54 Å². The van der Waals surface area contributed by atoms with Crippen LogP contribution in [0.15, 0.2) is 53.7 Å². The van der Waals surface area contributed by atoms with E-state index in [4.69, 9.17) is 4.42 Å². The topological polar surface area (TPSA) is 85.8 Å². The predicted octanol–water partition coefficient (Wildman–Crippen LogP) is 1.19. The SMILES string of the molecule is O=C(NCc1cn(-c2cccnc2)nn1)c1ccoc1. The highest BCUT2D eigenvalue weighted by Gasteiger charge is 2.08. The first-order chi connectivity index (χ1) is 9.83. The molecule has 0 saturated heterocycles. The Balaban J connectivity index is 1.65. The molecule has 0 aromatic carbocycles. The van der Waals surface area contributed by atoms with Gasteiger partial charge in [0.25, 0.3) is 5.91 Å². The summed E-state index contributed by atoms with van der Waals surface area (Å²) < 4.78 is 6.45. The molecule has 1 N–H and O–H groups in total. The van der Waals surface area contributed by atoms with E-state index in [1.54, 1.807) is 29.3 Å². The molecule has 20 heavy (non-hydrogen) atoms. The lowest BCUT2D eigenvalue weighted by Crippen LogP contribution is -2.22. The van der Waals surface area contributed by atoms with E-state index in [9.17, 15) is 4.79 Å². The molecular formula is C13H11N5O2. The van der Waals surface area contributed by atoms with Gasteiger partial charge in [0.1, 0.15) is 12.0 Å². The van der Waals surface area contributed by atoms with Gasteiger partial charge in [-0.3, -0.25) is 9.78 Å². The first-order valence-electron chi connectivity index (χ1n) is 5.95. The Morgan fingerprint density at radius 1 is 1.40 bits per heavy atom. The van der Waals surface area contributed by atoms with Gasteiger partial charge in [-0.05, 0) is 18.2 Å². The molecule has 0 saturated carbocycles. The molecule has 0 aliphatic carbocycles. The largest absolute Gasteiger partial charge is 0.472 e. The van der Waals surface area contributed by atoms with E-state index in [1.807, 2.05) is 12.1 Å². The highest BCUT2D eigenvalue weighted by molar-refractivity contribution is 5.93. The van der Waals surface area contributed by atoms with Gasteiger partial charge in [-0.15, -0.1) is 5.10 Å². The van der Waals surface area contributed by atoms with Gasteiger partial charge in [0.15, 0.2) is 0 Å². The number of furan rings is 1. The van der Waals surface area contributed by atoms with Crippen LogP contribution in [0.25, 0.3) is 5.69 Å². The minimum absolute atomic E-state index is 0.213. The van der Waals surface area contributed by atoms with Gasteiger partial charge in [-0.2, -0.15) is 0 Å². The van der Waals surface area contributed by atoms with Crippen LogP contribution in [-0.2, 0) is 6.54 Å². The Morgan fingerprint density at radius 3 is 3.10 bits per heavy atom. The first kappa shape index (κ1) is 12.1. The minimum Gasteiger partial charge on any atom is -0.472 e. The van der Waals surface area contributed by atoms with Crippen LogP contribution in [0.1, 0.15) is 16.1 Å². The lowest BCUT2D eigenvalue weighted by atomic mass is 10.3. The summed E-state index contributed by atoms with van der Waals surface area (Å²) in [7, 11) is 0.